The fraction of sp³-hybridized carbons (Fsp3) is 0.190. The molecule has 0 unspecified atom stereocenters. The molecular weight excluding hydrogens is 393 g/mol. The van der Waals surface area contributed by atoms with Crippen LogP contribution in [0.25, 0.3) is 5.69 Å². The molecule has 1 aromatic heterocycles. The number of methoxy groups -OCH3 is 1. The molecule has 0 spiro atoms. The average Bonchev–Trinajstić information content (AvgIpc) is 2.73. The Morgan fingerprint density at radius 1 is 1.28 bits per heavy atom. The van der Waals surface area contributed by atoms with Crippen LogP contribution in [-0.4, -0.2) is 28.3 Å². The van der Waals surface area contributed by atoms with E-state index in [1.54, 1.807) is 26.2 Å². The Balaban J connectivity index is 1.64. The van der Waals surface area contributed by atoms with Crippen LogP contribution in [0.15, 0.2) is 64.7 Å². The summed E-state index contributed by atoms with van der Waals surface area (Å²) in [5.74, 6) is 0.138. The second kappa shape index (κ2) is 9.38. The van der Waals surface area contributed by atoms with Crippen LogP contribution >= 0.6 is 11.8 Å². The Labute approximate surface area is 171 Å². The molecule has 0 bridgehead atoms. The van der Waals surface area contributed by atoms with Gasteiger partial charge in [0.2, 0.25) is 5.91 Å². The first-order chi connectivity index (χ1) is 14.0. The number of aryl methyl sites for hydroxylation is 1. The fourth-order valence-electron chi connectivity index (χ4n) is 2.60. The standard InChI is InChI=1S/C21H20FN3O3S/c1-14-6-7-16(11-18(14)22)25-9-8-23-20(21(25)27)29-13-19(26)24-12-15-4-3-5-17(10-15)28-2/h3-11H,12-13H2,1-2H3,(H,24,26). The molecule has 3 aromatic rings. The second-order valence-electron chi connectivity index (χ2n) is 6.26. The van der Waals surface area contributed by atoms with E-state index in [2.05, 4.69) is 10.3 Å². The van der Waals surface area contributed by atoms with Gasteiger partial charge in [0.05, 0.1) is 18.6 Å². The molecule has 0 atom stereocenters. The number of nitrogens with one attached hydrogen (secondary N) is 1. The molecule has 1 N–H and O–H groups in total. The molecule has 0 aliphatic rings. The molecule has 2 aromatic carbocycles. The van der Waals surface area contributed by atoms with E-state index in [4.69, 9.17) is 4.74 Å². The molecular formula is C21H20FN3O3S. The Bertz CT molecular complexity index is 1080. The maximum absolute atomic E-state index is 13.8. The van der Waals surface area contributed by atoms with Crippen LogP contribution in [0.5, 0.6) is 5.75 Å². The van der Waals surface area contributed by atoms with Crippen molar-refractivity contribution in [2.45, 2.75) is 18.5 Å². The summed E-state index contributed by atoms with van der Waals surface area (Å²) in [5.41, 5.74) is 1.41. The van der Waals surface area contributed by atoms with Crippen LogP contribution in [0.4, 0.5) is 4.39 Å². The van der Waals surface area contributed by atoms with E-state index in [-0.39, 0.29) is 16.7 Å². The number of thioether (sulfide) groups is 1. The molecule has 0 radical (unpaired) electrons. The van der Waals surface area contributed by atoms with Gasteiger partial charge in [-0.2, -0.15) is 0 Å². The van der Waals surface area contributed by atoms with Gasteiger partial charge >= 0.3 is 0 Å². The number of rotatable bonds is 7. The Hall–Kier alpha value is -3.13. The minimum Gasteiger partial charge on any atom is -0.497 e. The van der Waals surface area contributed by atoms with E-state index < -0.39 is 11.4 Å². The topological polar surface area (TPSA) is 73.2 Å². The monoisotopic (exact) mass is 413 g/mol. The summed E-state index contributed by atoms with van der Waals surface area (Å²) in [5, 5.41) is 2.97. The molecule has 150 valence electrons. The Morgan fingerprint density at radius 3 is 2.86 bits per heavy atom. The molecule has 3 rings (SSSR count). The number of hydrogen-bond donors (Lipinski definition) is 1. The molecule has 1 amide bonds. The first-order valence-corrected chi connectivity index (χ1v) is 9.83. The smallest absolute Gasteiger partial charge is 0.287 e. The maximum atomic E-state index is 13.8. The molecule has 0 saturated heterocycles. The zero-order valence-electron chi connectivity index (χ0n) is 16.0. The van der Waals surface area contributed by atoms with Gasteiger partial charge in [-0.25, -0.2) is 9.37 Å². The average molecular weight is 413 g/mol. The van der Waals surface area contributed by atoms with Gasteiger partial charge in [-0.05, 0) is 42.3 Å². The van der Waals surface area contributed by atoms with Gasteiger partial charge in [0.25, 0.3) is 5.56 Å². The number of hydrogen-bond acceptors (Lipinski definition) is 5. The molecule has 8 heteroatoms. The second-order valence-corrected chi connectivity index (χ2v) is 7.22. The number of halogens is 1. The lowest BCUT2D eigenvalue weighted by Crippen LogP contribution is -2.26. The summed E-state index contributed by atoms with van der Waals surface area (Å²) < 4.78 is 20.3. The van der Waals surface area contributed by atoms with E-state index in [9.17, 15) is 14.0 Å². The highest BCUT2D eigenvalue weighted by Crippen LogP contribution is 2.15. The third kappa shape index (κ3) is 5.23. The van der Waals surface area contributed by atoms with Crippen LogP contribution in [0, 0.1) is 12.7 Å². The number of amides is 1. The number of carbonyl (C=O) groups is 1. The van der Waals surface area contributed by atoms with E-state index >= 15 is 0 Å². The highest BCUT2D eigenvalue weighted by molar-refractivity contribution is 7.99. The molecule has 0 aliphatic heterocycles. The van der Waals surface area contributed by atoms with Crippen molar-refractivity contribution in [1.29, 1.82) is 0 Å². The van der Waals surface area contributed by atoms with Crippen LogP contribution in [0.1, 0.15) is 11.1 Å². The third-order valence-corrected chi connectivity index (χ3v) is 5.17. The zero-order chi connectivity index (χ0) is 20.8. The minimum absolute atomic E-state index is 0.0402. The highest BCUT2D eigenvalue weighted by atomic mass is 32.2. The van der Waals surface area contributed by atoms with Crippen molar-refractivity contribution in [1.82, 2.24) is 14.9 Å². The van der Waals surface area contributed by atoms with Gasteiger partial charge in [0.15, 0.2) is 5.03 Å². The largest absolute Gasteiger partial charge is 0.497 e. The summed E-state index contributed by atoms with van der Waals surface area (Å²) in [6.07, 6.45) is 2.93. The van der Waals surface area contributed by atoms with Gasteiger partial charge in [-0.15, -0.1) is 0 Å². The fourth-order valence-corrected chi connectivity index (χ4v) is 3.32. The van der Waals surface area contributed by atoms with Crippen molar-refractivity contribution in [2.75, 3.05) is 12.9 Å². The SMILES string of the molecule is COc1cccc(CNC(=O)CSc2nccn(-c3ccc(C)c(F)c3)c2=O)c1. The van der Waals surface area contributed by atoms with Gasteiger partial charge in [-0.1, -0.05) is 30.0 Å². The third-order valence-electron chi connectivity index (χ3n) is 4.21. The number of carbonyl (C=O) groups excluding carboxylic acids is 1. The number of benzene rings is 2. The van der Waals surface area contributed by atoms with E-state index in [1.165, 1.54) is 23.0 Å². The first kappa shape index (κ1) is 20.6. The summed E-state index contributed by atoms with van der Waals surface area (Å²) in [7, 11) is 1.58. The number of nitrogens with zero attached hydrogens (tertiary/aromatic N) is 2. The quantitative estimate of drug-likeness (QED) is 0.603. The van der Waals surface area contributed by atoms with Gasteiger partial charge in [0.1, 0.15) is 11.6 Å². The van der Waals surface area contributed by atoms with Gasteiger partial charge in [-0.3, -0.25) is 14.2 Å². The first-order valence-electron chi connectivity index (χ1n) is 8.84. The Kier molecular flexibility index (Phi) is 6.66. The van der Waals surface area contributed by atoms with E-state index in [0.29, 0.717) is 23.5 Å². The predicted molar refractivity (Wildman–Crippen MR) is 110 cm³/mol. The van der Waals surface area contributed by atoms with Crippen molar-refractivity contribution >= 4 is 17.7 Å². The van der Waals surface area contributed by atoms with Crippen molar-refractivity contribution in [3.05, 3.63) is 82.2 Å². The van der Waals surface area contributed by atoms with Crippen molar-refractivity contribution < 1.29 is 13.9 Å². The summed E-state index contributed by atoms with van der Waals surface area (Å²) in [6.45, 7) is 2.01. The van der Waals surface area contributed by atoms with E-state index in [0.717, 1.165) is 17.3 Å². The molecule has 29 heavy (non-hydrogen) atoms. The molecule has 1 heterocycles. The minimum atomic E-state index is -0.402. The highest BCUT2D eigenvalue weighted by Gasteiger charge is 2.11. The molecule has 0 saturated carbocycles. The molecule has 6 nitrogen and oxygen atoms in total. The maximum Gasteiger partial charge on any atom is 0.287 e. The molecule has 0 aliphatic carbocycles. The molecule has 0 fully saturated rings. The normalized spacial score (nSPS) is 10.6. The summed E-state index contributed by atoms with van der Waals surface area (Å²) in [6, 6.07) is 12.0. The zero-order valence-corrected chi connectivity index (χ0v) is 16.8. The van der Waals surface area contributed by atoms with Crippen LogP contribution < -0.4 is 15.6 Å². The van der Waals surface area contributed by atoms with Gasteiger partial charge in [0, 0.05) is 18.9 Å². The van der Waals surface area contributed by atoms with Crippen LogP contribution in [0.2, 0.25) is 0 Å². The lowest BCUT2D eigenvalue weighted by atomic mass is 10.2. The van der Waals surface area contributed by atoms with Crippen LogP contribution in [0.3, 0.4) is 0 Å². The van der Waals surface area contributed by atoms with Crippen molar-refractivity contribution in [3.8, 4) is 11.4 Å². The van der Waals surface area contributed by atoms with Crippen molar-refractivity contribution in [3.63, 3.8) is 0 Å². The Morgan fingerprint density at radius 2 is 2.10 bits per heavy atom. The van der Waals surface area contributed by atoms with Crippen molar-refractivity contribution in [2.24, 2.45) is 0 Å². The predicted octanol–water partition coefficient (Wildman–Crippen LogP) is 3.10. The lowest BCUT2D eigenvalue weighted by molar-refractivity contribution is -0.118. The number of ether oxygens (including phenoxy) is 1. The van der Waals surface area contributed by atoms with Gasteiger partial charge < -0.3 is 10.1 Å². The summed E-state index contributed by atoms with van der Waals surface area (Å²) in [4.78, 5) is 28.8. The number of aromatic nitrogens is 2. The van der Waals surface area contributed by atoms with Crippen LogP contribution in [-0.2, 0) is 11.3 Å². The van der Waals surface area contributed by atoms with E-state index in [1.807, 2.05) is 24.3 Å². The lowest BCUT2D eigenvalue weighted by Gasteiger charge is -2.09. The summed E-state index contributed by atoms with van der Waals surface area (Å²) >= 11 is 1.04.